The largest absolute Gasteiger partial charge is 0.497 e. The zero-order valence-corrected chi connectivity index (χ0v) is 20.9. The van der Waals surface area contributed by atoms with Crippen LogP contribution in [0.3, 0.4) is 0 Å². The molecule has 3 rings (SSSR count). The van der Waals surface area contributed by atoms with E-state index in [1.54, 1.807) is 37.5 Å². The Hall–Kier alpha value is -3.64. The average Bonchev–Trinajstić information content (AvgIpc) is 2.90. The molecule has 1 fully saturated rings. The Morgan fingerprint density at radius 2 is 1.62 bits per heavy atom. The molecule has 0 bridgehead atoms. The van der Waals surface area contributed by atoms with Crippen molar-refractivity contribution in [2.45, 2.75) is 37.6 Å². The van der Waals surface area contributed by atoms with Gasteiger partial charge in [-0.25, -0.2) is 0 Å². The molecular weight excluding hydrogens is 486 g/mol. The minimum atomic E-state index is -1.53. The van der Waals surface area contributed by atoms with E-state index in [-0.39, 0.29) is 17.1 Å². The molecule has 0 aromatic heterocycles. The molecule has 1 amide bonds. The Morgan fingerprint density at radius 3 is 2.19 bits per heavy atom. The van der Waals surface area contributed by atoms with Gasteiger partial charge in [0.1, 0.15) is 52.9 Å². The molecule has 200 valence electrons. The number of carbonyl (C=O) groups is 2. The molecule has 4 N–H and O–H groups in total. The summed E-state index contributed by atoms with van der Waals surface area (Å²) in [6.07, 6.45) is -2.66. The van der Waals surface area contributed by atoms with Gasteiger partial charge in [0, 0.05) is 19.1 Å². The van der Waals surface area contributed by atoms with Crippen LogP contribution in [0, 0.1) is 0 Å². The Balaban J connectivity index is 2.00. The van der Waals surface area contributed by atoms with Crippen molar-refractivity contribution < 1.29 is 48.6 Å². The second-order valence-electron chi connectivity index (χ2n) is 8.22. The number of hydrogen-bond acceptors (Lipinski definition) is 10. The number of aliphatic hydroxyl groups excluding tert-OH is 3. The predicted octanol–water partition coefficient (Wildman–Crippen LogP) is 0.931. The first-order valence-electron chi connectivity index (χ1n) is 11.4. The Morgan fingerprint density at radius 1 is 0.973 bits per heavy atom. The fraction of sp³-hybridized carbons (Fsp3) is 0.385. The van der Waals surface area contributed by atoms with E-state index in [0.717, 1.165) is 5.56 Å². The van der Waals surface area contributed by atoms with E-state index < -0.39 is 48.9 Å². The monoisotopic (exact) mass is 517 g/mol. The molecule has 37 heavy (non-hydrogen) atoms. The van der Waals surface area contributed by atoms with E-state index in [2.05, 4.69) is 5.32 Å². The van der Waals surface area contributed by atoms with Gasteiger partial charge < -0.3 is 44.3 Å². The molecule has 2 aromatic carbocycles. The fourth-order valence-electron chi connectivity index (χ4n) is 3.85. The highest BCUT2D eigenvalue weighted by Crippen LogP contribution is 2.37. The quantitative estimate of drug-likeness (QED) is 0.264. The third kappa shape index (κ3) is 6.57. The van der Waals surface area contributed by atoms with E-state index in [1.165, 1.54) is 39.4 Å². The summed E-state index contributed by atoms with van der Waals surface area (Å²) >= 11 is 0. The van der Waals surface area contributed by atoms with E-state index in [9.17, 15) is 24.9 Å². The molecule has 2 aromatic rings. The second-order valence-corrected chi connectivity index (χ2v) is 8.22. The molecule has 0 unspecified atom stereocenters. The number of allylic oxidation sites excluding steroid dienone is 1. The second kappa shape index (κ2) is 12.5. The number of aliphatic hydroxyl groups is 3. The lowest BCUT2D eigenvalue weighted by atomic mass is 9.97. The van der Waals surface area contributed by atoms with Crippen LogP contribution in [-0.4, -0.2) is 85.6 Å². The Bertz CT molecular complexity index is 1120. The van der Waals surface area contributed by atoms with Gasteiger partial charge in [-0.15, -0.1) is 0 Å². The molecule has 0 aliphatic carbocycles. The number of amides is 1. The van der Waals surface area contributed by atoms with Gasteiger partial charge in [-0.2, -0.15) is 0 Å². The summed E-state index contributed by atoms with van der Waals surface area (Å²) in [5.41, 5.74) is 0.771. The molecule has 5 atom stereocenters. The molecule has 1 saturated heterocycles. The maximum absolute atomic E-state index is 13.3. The summed E-state index contributed by atoms with van der Waals surface area (Å²) in [5.74, 6) is 0.0971. The lowest BCUT2D eigenvalue weighted by Crippen LogP contribution is -2.65. The van der Waals surface area contributed by atoms with Crippen LogP contribution in [0.25, 0.3) is 6.08 Å². The third-order valence-electron chi connectivity index (χ3n) is 5.78. The fourth-order valence-corrected chi connectivity index (χ4v) is 3.85. The maximum atomic E-state index is 13.3. The summed E-state index contributed by atoms with van der Waals surface area (Å²) in [7, 11) is 4.35. The third-order valence-corrected chi connectivity index (χ3v) is 5.78. The van der Waals surface area contributed by atoms with Gasteiger partial charge in [0.05, 0.1) is 27.9 Å². The van der Waals surface area contributed by atoms with Crippen LogP contribution in [0.1, 0.15) is 22.8 Å². The van der Waals surface area contributed by atoms with E-state index >= 15 is 0 Å². The lowest BCUT2D eigenvalue weighted by Gasteiger charge is -2.42. The number of nitrogens with one attached hydrogen (secondary N) is 1. The number of carbonyl (C=O) groups excluding carboxylic acids is 2. The summed E-state index contributed by atoms with van der Waals surface area (Å²) in [4.78, 5) is 25.1. The van der Waals surface area contributed by atoms with Crippen LogP contribution in [0.15, 0.2) is 42.5 Å². The van der Waals surface area contributed by atoms with Crippen molar-refractivity contribution in [2.75, 3.05) is 27.9 Å². The van der Waals surface area contributed by atoms with Crippen molar-refractivity contribution in [3.63, 3.8) is 0 Å². The van der Waals surface area contributed by atoms with Crippen LogP contribution in [0.4, 0.5) is 0 Å². The van der Waals surface area contributed by atoms with E-state index in [4.69, 9.17) is 23.7 Å². The molecule has 11 nitrogen and oxygen atoms in total. The van der Waals surface area contributed by atoms with Crippen LogP contribution in [0.5, 0.6) is 23.0 Å². The van der Waals surface area contributed by atoms with E-state index in [1.807, 2.05) is 0 Å². The minimum Gasteiger partial charge on any atom is -0.497 e. The summed E-state index contributed by atoms with van der Waals surface area (Å²) in [6.45, 7) is 0.602. The molecule has 0 saturated carbocycles. The first-order valence-corrected chi connectivity index (χ1v) is 11.4. The molecule has 0 spiro atoms. The number of benzene rings is 2. The van der Waals surface area contributed by atoms with Gasteiger partial charge in [-0.1, -0.05) is 18.2 Å². The maximum Gasteiger partial charge on any atom is 0.223 e. The molecule has 1 aliphatic heterocycles. The first kappa shape index (κ1) is 27.9. The van der Waals surface area contributed by atoms with E-state index in [0.29, 0.717) is 11.5 Å². The summed E-state index contributed by atoms with van der Waals surface area (Å²) in [6, 6.07) is 8.78. The highest BCUT2D eigenvalue weighted by atomic mass is 16.7. The van der Waals surface area contributed by atoms with Gasteiger partial charge in [-0.05, 0) is 23.8 Å². The van der Waals surface area contributed by atoms with Crippen molar-refractivity contribution in [2.24, 2.45) is 0 Å². The van der Waals surface area contributed by atoms with Crippen LogP contribution in [-0.2, 0) is 9.53 Å². The van der Waals surface area contributed by atoms with Gasteiger partial charge in [0.25, 0.3) is 0 Å². The highest BCUT2D eigenvalue weighted by Gasteiger charge is 2.46. The van der Waals surface area contributed by atoms with Gasteiger partial charge in [0.2, 0.25) is 12.2 Å². The van der Waals surface area contributed by atoms with Crippen molar-refractivity contribution in [1.82, 2.24) is 5.32 Å². The molecule has 11 heteroatoms. The number of methoxy groups -OCH3 is 3. The average molecular weight is 518 g/mol. The Labute approximate surface area is 214 Å². The van der Waals surface area contributed by atoms with Crippen LogP contribution >= 0.6 is 0 Å². The predicted molar refractivity (Wildman–Crippen MR) is 132 cm³/mol. The van der Waals surface area contributed by atoms with Crippen molar-refractivity contribution in [3.8, 4) is 23.0 Å². The zero-order valence-electron chi connectivity index (χ0n) is 20.9. The van der Waals surface area contributed by atoms with Crippen molar-refractivity contribution in [3.05, 3.63) is 53.6 Å². The van der Waals surface area contributed by atoms with Crippen LogP contribution in [0.2, 0.25) is 0 Å². The summed E-state index contributed by atoms with van der Waals surface area (Å²) in [5, 5.41) is 32.9. The standard InChI is InChI=1S/C26H31NO10/c1-14(29)27-23-25(32)24(31)21(13-28)37-26(23)36-20-12-17(34-3)11-19(35-4)22(20)18(30)10-7-15-5-8-16(33-2)9-6-15/h5-12,21,23-26,28,31-32H,13H2,1-4H3,(H,27,29)/b10-7+/t21-,23+,24-,25-,26-/m1/s1. The lowest BCUT2D eigenvalue weighted by molar-refractivity contribution is -0.244. The van der Waals surface area contributed by atoms with Gasteiger partial charge in [-0.3, -0.25) is 9.59 Å². The minimum absolute atomic E-state index is 0.0267. The number of ether oxygens (including phenoxy) is 5. The van der Waals surface area contributed by atoms with Crippen molar-refractivity contribution >= 4 is 17.8 Å². The molecular formula is C26H31NO10. The summed E-state index contributed by atoms with van der Waals surface area (Å²) < 4.78 is 27.5. The molecule has 1 aliphatic rings. The van der Waals surface area contributed by atoms with Gasteiger partial charge >= 0.3 is 0 Å². The smallest absolute Gasteiger partial charge is 0.223 e. The highest BCUT2D eigenvalue weighted by molar-refractivity contribution is 6.10. The van der Waals surface area contributed by atoms with Crippen molar-refractivity contribution in [1.29, 1.82) is 0 Å². The SMILES string of the molecule is COc1ccc(/C=C/C(=O)c2c(OC)cc(OC)cc2O[C@@H]2O[C@H](CO)[C@@H](O)[C@H](O)[C@@H]2NC(C)=O)cc1. The first-order chi connectivity index (χ1) is 17.7. The van der Waals surface area contributed by atoms with Crippen LogP contribution < -0.4 is 24.3 Å². The number of hydrogen-bond donors (Lipinski definition) is 4. The topological polar surface area (TPSA) is 153 Å². The number of ketones is 1. The normalized spacial score (nSPS) is 23.4. The number of rotatable bonds is 10. The molecule has 1 heterocycles. The molecule has 0 radical (unpaired) electrons. The van der Waals surface area contributed by atoms with Gasteiger partial charge in [0.15, 0.2) is 5.78 Å². The zero-order chi connectivity index (χ0) is 27.1. The Kier molecular flexibility index (Phi) is 9.48.